The summed E-state index contributed by atoms with van der Waals surface area (Å²) in [6.07, 6.45) is 0.518. The van der Waals surface area contributed by atoms with Crippen molar-refractivity contribution in [1.82, 2.24) is 0 Å². The molecule has 0 saturated carbocycles. The second-order valence-corrected chi connectivity index (χ2v) is 3.85. The van der Waals surface area contributed by atoms with Crippen molar-refractivity contribution in [2.24, 2.45) is 11.7 Å². The number of hydrogen-bond acceptors (Lipinski definition) is 2. The highest BCUT2D eigenvalue weighted by Gasteiger charge is 2.17. The van der Waals surface area contributed by atoms with Crippen LogP contribution >= 0.6 is 0 Å². The first-order valence-electron chi connectivity index (χ1n) is 5.04. The number of benzene rings is 1. The van der Waals surface area contributed by atoms with Gasteiger partial charge in [-0.25, -0.2) is 0 Å². The van der Waals surface area contributed by atoms with Crippen LogP contribution in [0, 0.1) is 19.8 Å². The van der Waals surface area contributed by atoms with Gasteiger partial charge in [0.15, 0.2) is 0 Å². The molecule has 0 aromatic heterocycles. The Morgan fingerprint density at radius 2 is 1.93 bits per heavy atom. The molecule has 0 bridgehead atoms. The lowest BCUT2D eigenvalue weighted by atomic mass is 9.93. The Morgan fingerprint density at radius 1 is 1.40 bits per heavy atom. The van der Waals surface area contributed by atoms with E-state index in [0.717, 1.165) is 16.7 Å². The van der Waals surface area contributed by atoms with Gasteiger partial charge in [-0.3, -0.25) is 4.79 Å². The molecule has 0 spiro atoms. The molecule has 0 aliphatic carbocycles. The van der Waals surface area contributed by atoms with Crippen molar-refractivity contribution in [3.63, 3.8) is 0 Å². The first-order chi connectivity index (χ1) is 7.06. The summed E-state index contributed by atoms with van der Waals surface area (Å²) in [6, 6.07) is 5.97. The minimum atomic E-state index is -0.819. The standard InChI is InChI=1S/C12H17NO2/c1-8-4-3-5-9(2)11(8)6-10(7-13)12(14)15/h3-5,10H,6-7,13H2,1-2H3,(H,14,15). The van der Waals surface area contributed by atoms with Crippen molar-refractivity contribution < 1.29 is 9.90 Å². The van der Waals surface area contributed by atoms with E-state index in [1.165, 1.54) is 0 Å². The SMILES string of the molecule is Cc1cccc(C)c1CC(CN)C(=O)O. The van der Waals surface area contributed by atoms with E-state index in [1.807, 2.05) is 32.0 Å². The van der Waals surface area contributed by atoms with Gasteiger partial charge in [0.1, 0.15) is 0 Å². The van der Waals surface area contributed by atoms with E-state index in [0.29, 0.717) is 6.42 Å². The Kier molecular flexibility index (Phi) is 3.86. The third-order valence-corrected chi connectivity index (χ3v) is 2.73. The van der Waals surface area contributed by atoms with Gasteiger partial charge in [-0.05, 0) is 37.0 Å². The van der Waals surface area contributed by atoms with Crippen LogP contribution < -0.4 is 5.73 Å². The topological polar surface area (TPSA) is 63.3 Å². The summed E-state index contributed by atoms with van der Waals surface area (Å²) in [5, 5.41) is 8.94. The first kappa shape index (κ1) is 11.7. The lowest BCUT2D eigenvalue weighted by molar-refractivity contribution is -0.141. The zero-order valence-corrected chi connectivity index (χ0v) is 9.16. The number of carboxylic acid groups (broad SMARTS) is 1. The summed E-state index contributed by atoms with van der Waals surface area (Å²) < 4.78 is 0. The van der Waals surface area contributed by atoms with Crippen LogP contribution in [-0.4, -0.2) is 17.6 Å². The quantitative estimate of drug-likeness (QED) is 0.786. The Morgan fingerprint density at radius 3 is 2.33 bits per heavy atom. The lowest BCUT2D eigenvalue weighted by Crippen LogP contribution is -2.25. The second kappa shape index (κ2) is 4.94. The van der Waals surface area contributed by atoms with Gasteiger partial charge in [-0.2, -0.15) is 0 Å². The molecule has 1 atom stereocenters. The molecule has 1 rings (SSSR count). The average molecular weight is 207 g/mol. The monoisotopic (exact) mass is 207 g/mol. The summed E-state index contributed by atoms with van der Waals surface area (Å²) in [5.74, 6) is -1.30. The predicted octanol–water partition coefficient (Wildman–Crippen LogP) is 1.51. The molecule has 1 aromatic carbocycles. The molecule has 82 valence electrons. The van der Waals surface area contributed by atoms with Gasteiger partial charge in [0.05, 0.1) is 5.92 Å². The number of rotatable bonds is 4. The minimum Gasteiger partial charge on any atom is -0.481 e. The van der Waals surface area contributed by atoms with E-state index in [1.54, 1.807) is 0 Å². The molecule has 0 aliphatic rings. The van der Waals surface area contributed by atoms with Gasteiger partial charge in [-0.15, -0.1) is 0 Å². The van der Waals surface area contributed by atoms with Crippen LogP contribution in [0.4, 0.5) is 0 Å². The lowest BCUT2D eigenvalue weighted by Gasteiger charge is -2.14. The zero-order valence-electron chi connectivity index (χ0n) is 9.16. The minimum absolute atomic E-state index is 0.184. The zero-order chi connectivity index (χ0) is 11.4. The van der Waals surface area contributed by atoms with Crippen molar-refractivity contribution in [3.8, 4) is 0 Å². The summed E-state index contributed by atoms with van der Waals surface area (Å²) >= 11 is 0. The molecule has 0 radical (unpaired) electrons. The third kappa shape index (κ3) is 2.80. The molecule has 3 N–H and O–H groups in total. The summed E-state index contributed by atoms with van der Waals surface area (Å²) in [5.41, 5.74) is 8.82. The van der Waals surface area contributed by atoms with Crippen molar-refractivity contribution in [2.45, 2.75) is 20.3 Å². The van der Waals surface area contributed by atoms with E-state index in [-0.39, 0.29) is 6.54 Å². The van der Waals surface area contributed by atoms with Gasteiger partial charge >= 0.3 is 5.97 Å². The maximum Gasteiger partial charge on any atom is 0.308 e. The van der Waals surface area contributed by atoms with Crippen LogP contribution in [0.25, 0.3) is 0 Å². The van der Waals surface area contributed by atoms with E-state index < -0.39 is 11.9 Å². The fourth-order valence-electron chi connectivity index (χ4n) is 1.69. The Hall–Kier alpha value is -1.35. The van der Waals surface area contributed by atoms with Crippen LogP contribution in [0.2, 0.25) is 0 Å². The van der Waals surface area contributed by atoms with Crippen LogP contribution in [-0.2, 0) is 11.2 Å². The molecule has 0 saturated heterocycles. The van der Waals surface area contributed by atoms with E-state index >= 15 is 0 Å². The van der Waals surface area contributed by atoms with Crippen molar-refractivity contribution in [2.75, 3.05) is 6.54 Å². The molecule has 15 heavy (non-hydrogen) atoms. The second-order valence-electron chi connectivity index (χ2n) is 3.85. The highest BCUT2D eigenvalue weighted by atomic mass is 16.4. The number of aryl methyl sites for hydroxylation is 2. The van der Waals surface area contributed by atoms with Crippen LogP contribution in [0.3, 0.4) is 0 Å². The Bertz CT molecular complexity index is 340. The Balaban J connectivity index is 2.92. The number of carboxylic acids is 1. The molecule has 1 aromatic rings. The molecule has 3 nitrogen and oxygen atoms in total. The van der Waals surface area contributed by atoms with E-state index in [2.05, 4.69) is 0 Å². The molecular weight excluding hydrogens is 190 g/mol. The molecule has 3 heteroatoms. The summed E-state index contributed by atoms with van der Waals surface area (Å²) in [4.78, 5) is 10.9. The molecular formula is C12H17NO2. The summed E-state index contributed by atoms with van der Waals surface area (Å²) in [7, 11) is 0. The van der Waals surface area contributed by atoms with E-state index in [9.17, 15) is 4.79 Å². The molecule has 1 unspecified atom stereocenters. The van der Waals surface area contributed by atoms with Gasteiger partial charge in [0, 0.05) is 6.54 Å². The Labute approximate surface area is 89.9 Å². The smallest absolute Gasteiger partial charge is 0.308 e. The van der Waals surface area contributed by atoms with Crippen molar-refractivity contribution >= 4 is 5.97 Å². The molecule has 0 heterocycles. The van der Waals surface area contributed by atoms with Gasteiger partial charge in [-0.1, -0.05) is 18.2 Å². The van der Waals surface area contributed by atoms with Crippen molar-refractivity contribution in [1.29, 1.82) is 0 Å². The highest BCUT2D eigenvalue weighted by molar-refractivity contribution is 5.70. The van der Waals surface area contributed by atoms with E-state index in [4.69, 9.17) is 10.8 Å². The predicted molar refractivity (Wildman–Crippen MR) is 59.8 cm³/mol. The maximum absolute atomic E-state index is 10.9. The largest absolute Gasteiger partial charge is 0.481 e. The number of nitrogens with two attached hydrogens (primary N) is 1. The fraction of sp³-hybridized carbons (Fsp3) is 0.417. The molecule has 0 fully saturated rings. The third-order valence-electron chi connectivity index (χ3n) is 2.73. The summed E-state index contributed by atoms with van der Waals surface area (Å²) in [6.45, 7) is 4.18. The first-order valence-corrected chi connectivity index (χ1v) is 5.04. The van der Waals surface area contributed by atoms with Crippen LogP contribution in [0.1, 0.15) is 16.7 Å². The normalized spacial score (nSPS) is 12.5. The van der Waals surface area contributed by atoms with Gasteiger partial charge in [0.25, 0.3) is 0 Å². The van der Waals surface area contributed by atoms with Crippen molar-refractivity contribution in [3.05, 3.63) is 34.9 Å². The highest BCUT2D eigenvalue weighted by Crippen LogP contribution is 2.17. The van der Waals surface area contributed by atoms with Gasteiger partial charge in [0.2, 0.25) is 0 Å². The molecule has 0 aliphatic heterocycles. The van der Waals surface area contributed by atoms with Crippen LogP contribution in [0.15, 0.2) is 18.2 Å². The van der Waals surface area contributed by atoms with Crippen LogP contribution in [0.5, 0.6) is 0 Å². The number of carbonyl (C=O) groups is 1. The molecule has 0 amide bonds. The fourth-order valence-corrected chi connectivity index (χ4v) is 1.69. The van der Waals surface area contributed by atoms with Gasteiger partial charge < -0.3 is 10.8 Å². The number of aliphatic carboxylic acids is 1. The maximum atomic E-state index is 10.9. The number of hydrogen-bond donors (Lipinski definition) is 2. The average Bonchev–Trinajstić information content (AvgIpc) is 2.17.